The van der Waals surface area contributed by atoms with Crippen molar-refractivity contribution >= 4 is 21.6 Å². The number of aromatic nitrogens is 2. The maximum absolute atomic E-state index is 4.35. The molecule has 2 rings (SSSR count). The summed E-state index contributed by atoms with van der Waals surface area (Å²) in [6.45, 7) is 7.05. The molecular weight excluding hydrogens is 290 g/mol. The highest BCUT2D eigenvalue weighted by Gasteiger charge is 2.07. The molecule has 96 valence electrons. The van der Waals surface area contributed by atoms with Gasteiger partial charge in [-0.05, 0) is 53.9 Å². The molecule has 0 amide bonds. The Morgan fingerprint density at radius 3 is 2.56 bits per heavy atom. The molecule has 1 aromatic heterocycles. The van der Waals surface area contributed by atoms with Gasteiger partial charge in [-0.2, -0.15) is 5.10 Å². The Morgan fingerprint density at radius 1 is 1.28 bits per heavy atom. The molecule has 0 spiro atoms. The van der Waals surface area contributed by atoms with Gasteiger partial charge in [0, 0.05) is 29.8 Å². The Morgan fingerprint density at radius 2 is 2.00 bits per heavy atom. The third-order valence-electron chi connectivity index (χ3n) is 3.00. The first-order valence-electron chi connectivity index (χ1n) is 5.97. The van der Waals surface area contributed by atoms with Crippen molar-refractivity contribution in [2.75, 3.05) is 5.32 Å². The Hall–Kier alpha value is -1.29. The lowest BCUT2D eigenvalue weighted by Gasteiger charge is -2.12. The number of hydrogen-bond acceptors (Lipinski definition) is 2. The summed E-state index contributed by atoms with van der Waals surface area (Å²) in [4.78, 5) is 0. The fraction of sp³-hybridized carbons (Fsp3) is 0.357. The van der Waals surface area contributed by atoms with Crippen molar-refractivity contribution in [3.63, 3.8) is 0 Å². The summed E-state index contributed by atoms with van der Waals surface area (Å²) in [5.41, 5.74) is 5.98. The molecule has 0 saturated carbocycles. The van der Waals surface area contributed by atoms with Gasteiger partial charge in [-0.3, -0.25) is 4.68 Å². The van der Waals surface area contributed by atoms with Crippen molar-refractivity contribution in [3.05, 3.63) is 45.2 Å². The summed E-state index contributed by atoms with van der Waals surface area (Å²) in [5.74, 6) is 0. The van der Waals surface area contributed by atoms with Crippen LogP contribution in [0.3, 0.4) is 0 Å². The Bertz CT molecular complexity index is 549. The zero-order valence-corrected chi connectivity index (χ0v) is 12.8. The predicted octanol–water partition coefficient (Wildman–Crippen LogP) is 3.72. The van der Waals surface area contributed by atoms with Crippen LogP contribution in [-0.2, 0) is 13.6 Å². The van der Waals surface area contributed by atoms with Crippen LogP contribution in [0.4, 0.5) is 5.69 Å². The van der Waals surface area contributed by atoms with Crippen molar-refractivity contribution in [2.45, 2.75) is 27.3 Å². The van der Waals surface area contributed by atoms with Crippen molar-refractivity contribution in [1.82, 2.24) is 9.78 Å². The third kappa shape index (κ3) is 2.75. The summed E-state index contributed by atoms with van der Waals surface area (Å²) >= 11 is 3.61. The SMILES string of the molecule is Cc1cc(C)c(NCc2cn(C)nc2C)c(Br)c1. The summed E-state index contributed by atoms with van der Waals surface area (Å²) in [5, 5.41) is 7.83. The summed E-state index contributed by atoms with van der Waals surface area (Å²) in [6, 6.07) is 4.31. The number of aryl methyl sites for hydroxylation is 4. The number of nitrogens with zero attached hydrogens (tertiary/aromatic N) is 2. The molecule has 0 saturated heterocycles. The van der Waals surface area contributed by atoms with Gasteiger partial charge in [-0.25, -0.2) is 0 Å². The highest BCUT2D eigenvalue weighted by molar-refractivity contribution is 9.10. The number of nitrogens with one attached hydrogen (secondary N) is 1. The van der Waals surface area contributed by atoms with Crippen LogP contribution in [0, 0.1) is 20.8 Å². The lowest BCUT2D eigenvalue weighted by molar-refractivity contribution is 0.756. The fourth-order valence-electron chi connectivity index (χ4n) is 2.15. The fourth-order valence-corrected chi connectivity index (χ4v) is 2.96. The second-order valence-corrected chi connectivity index (χ2v) is 5.56. The highest BCUT2D eigenvalue weighted by Crippen LogP contribution is 2.28. The highest BCUT2D eigenvalue weighted by atomic mass is 79.9. The van der Waals surface area contributed by atoms with E-state index in [1.54, 1.807) is 0 Å². The Labute approximate surface area is 116 Å². The van der Waals surface area contributed by atoms with E-state index >= 15 is 0 Å². The molecule has 18 heavy (non-hydrogen) atoms. The van der Waals surface area contributed by atoms with E-state index in [0.29, 0.717) is 0 Å². The van der Waals surface area contributed by atoms with Gasteiger partial charge in [0.25, 0.3) is 0 Å². The zero-order valence-electron chi connectivity index (χ0n) is 11.2. The van der Waals surface area contributed by atoms with E-state index in [4.69, 9.17) is 0 Å². The maximum atomic E-state index is 4.35. The molecule has 1 aromatic carbocycles. The van der Waals surface area contributed by atoms with Gasteiger partial charge in [0.2, 0.25) is 0 Å². The second kappa shape index (κ2) is 5.14. The van der Waals surface area contributed by atoms with Crippen LogP contribution in [0.5, 0.6) is 0 Å². The van der Waals surface area contributed by atoms with Crippen molar-refractivity contribution in [2.24, 2.45) is 7.05 Å². The number of rotatable bonds is 3. The largest absolute Gasteiger partial charge is 0.380 e. The number of anilines is 1. The Balaban J connectivity index is 2.18. The number of benzene rings is 1. The van der Waals surface area contributed by atoms with Crippen molar-refractivity contribution in [3.8, 4) is 0 Å². The van der Waals surface area contributed by atoms with E-state index in [1.807, 2.05) is 18.7 Å². The molecule has 1 N–H and O–H groups in total. The average molecular weight is 308 g/mol. The van der Waals surface area contributed by atoms with E-state index in [0.717, 1.165) is 22.4 Å². The number of hydrogen-bond donors (Lipinski definition) is 1. The molecule has 0 radical (unpaired) electrons. The minimum Gasteiger partial charge on any atom is -0.380 e. The molecule has 3 nitrogen and oxygen atoms in total. The van der Waals surface area contributed by atoms with E-state index in [2.05, 4.69) is 58.5 Å². The molecule has 0 atom stereocenters. The van der Waals surface area contributed by atoms with E-state index in [9.17, 15) is 0 Å². The molecule has 0 aliphatic heterocycles. The summed E-state index contributed by atoms with van der Waals surface area (Å²) in [6.07, 6.45) is 2.06. The topological polar surface area (TPSA) is 29.9 Å². The van der Waals surface area contributed by atoms with E-state index in [1.165, 1.54) is 16.7 Å². The van der Waals surface area contributed by atoms with E-state index in [-0.39, 0.29) is 0 Å². The van der Waals surface area contributed by atoms with Crippen LogP contribution in [0.2, 0.25) is 0 Å². The quantitative estimate of drug-likeness (QED) is 0.936. The van der Waals surface area contributed by atoms with Crippen LogP contribution in [0.15, 0.2) is 22.8 Å². The summed E-state index contributed by atoms with van der Waals surface area (Å²) < 4.78 is 2.96. The smallest absolute Gasteiger partial charge is 0.0643 e. The van der Waals surface area contributed by atoms with Crippen molar-refractivity contribution in [1.29, 1.82) is 0 Å². The van der Waals surface area contributed by atoms with Crippen LogP contribution in [-0.4, -0.2) is 9.78 Å². The molecule has 4 heteroatoms. The van der Waals surface area contributed by atoms with Crippen LogP contribution < -0.4 is 5.32 Å². The third-order valence-corrected chi connectivity index (χ3v) is 3.63. The van der Waals surface area contributed by atoms with Gasteiger partial charge in [0.1, 0.15) is 0 Å². The molecule has 2 aromatic rings. The van der Waals surface area contributed by atoms with Gasteiger partial charge in [-0.1, -0.05) is 6.07 Å². The first-order chi connectivity index (χ1) is 8.47. The molecule has 1 heterocycles. The Kier molecular flexibility index (Phi) is 3.76. The average Bonchev–Trinajstić information content (AvgIpc) is 2.55. The zero-order chi connectivity index (χ0) is 13.3. The lowest BCUT2D eigenvalue weighted by Crippen LogP contribution is -2.02. The lowest BCUT2D eigenvalue weighted by atomic mass is 10.1. The van der Waals surface area contributed by atoms with Gasteiger partial charge >= 0.3 is 0 Å². The van der Waals surface area contributed by atoms with Gasteiger partial charge in [0.05, 0.1) is 11.4 Å². The molecule has 0 aliphatic rings. The van der Waals surface area contributed by atoms with Gasteiger partial charge < -0.3 is 5.32 Å². The summed E-state index contributed by atoms with van der Waals surface area (Å²) in [7, 11) is 1.95. The first kappa shape index (κ1) is 13.1. The van der Waals surface area contributed by atoms with Gasteiger partial charge in [0.15, 0.2) is 0 Å². The molecule has 0 unspecified atom stereocenters. The molecular formula is C14H18BrN3. The maximum Gasteiger partial charge on any atom is 0.0643 e. The first-order valence-corrected chi connectivity index (χ1v) is 6.76. The monoisotopic (exact) mass is 307 g/mol. The minimum atomic E-state index is 0.794. The predicted molar refractivity (Wildman–Crippen MR) is 78.9 cm³/mol. The van der Waals surface area contributed by atoms with Gasteiger partial charge in [-0.15, -0.1) is 0 Å². The standard InChI is InChI=1S/C14H18BrN3/c1-9-5-10(2)14(13(15)6-9)16-7-12-8-18(4)17-11(12)3/h5-6,8,16H,7H2,1-4H3. The van der Waals surface area contributed by atoms with Crippen molar-refractivity contribution < 1.29 is 0 Å². The number of halogens is 1. The van der Waals surface area contributed by atoms with Crippen LogP contribution in [0.25, 0.3) is 0 Å². The van der Waals surface area contributed by atoms with Crippen LogP contribution in [0.1, 0.15) is 22.4 Å². The second-order valence-electron chi connectivity index (χ2n) is 4.71. The molecule has 0 bridgehead atoms. The minimum absolute atomic E-state index is 0.794. The molecule has 0 aliphatic carbocycles. The molecule has 0 fully saturated rings. The normalized spacial score (nSPS) is 10.7. The van der Waals surface area contributed by atoms with E-state index < -0.39 is 0 Å². The van der Waals surface area contributed by atoms with Crippen LogP contribution >= 0.6 is 15.9 Å².